The molecule has 1 rings (SSSR count). The molecule has 0 aromatic heterocycles. The van der Waals surface area contributed by atoms with Crippen LogP contribution in [-0.2, 0) is 14.8 Å². The van der Waals surface area contributed by atoms with Crippen molar-refractivity contribution in [2.24, 2.45) is 5.73 Å². The predicted octanol–water partition coefficient (Wildman–Crippen LogP) is 0.330. The minimum Gasteiger partial charge on any atom is -0.380 e. The molecule has 1 aromatic rings. The summed E-state index contributed by atoms with van der Waals surface area (Å²) in [6.07, 6.45) is 0.631. The van der Waals surface area contributed by atoms with Crippen LogP contribution in [0.3, 0.4) is 0 Å². The summed E-state index contributed by atoms with van der Waals surface area (Å²) in [4.78, 5) is 0.280. The van der Waals surface area contributed by atoms with Gasteiger partial charge in [0, 0.05) is 19.7 Å². The molecule has 0 unspecified atom stereocenters. The van der Waals surface area contributed by atoms with Crippen molar-refractivity contribution in [2.75, 3.05) is 26.3 Å². The first-order chi connectivity index (χ1) is 8.17. The zero-order chi connectivity index (χ0) is 12.6. The lowest BCUT2D eigenvalue weighted by atomic mass is 10.4. The highest BCUT2D eigenvalue weighted by molar-refractivity contribution is 7.89. The quantitative estimate of drug-likeness (QED) is 0.658. The molecule has 0 atom stereocenters. The maximum Gasteiger partial charge on any atom is 0.240 e. The number of benzene rings is 1. The van der Waals surface area contributed by atoms with E-state index in [1.807, 2.05) is 0 Å². The van der Waals surface area contributed by atoms with Crippen molar-refractivity contribution in [3.05, 3.63) is 30.3 Å². The normalized spacial score (nSPS) is 11.6. The van der Waals surface area contributed by atoms with Crippen LogP contribution in [0.1, 0.15) is 6.42 Å². The van der Waals surface area contributed by atoms with Crippen LogP contribution in [0, 0.1) is 0 Å². The second-order valence-corrected chi connectivity index (χ2v) is 5.23. The Labute approximate surface area is 102 Å². The fraction of sp³-hybridized carbons (Fsp3) is 0.455. The van der Waals surface area contributed by atoms with E-state index in [-0.39, 0.29) is 4.90 Å². The number of ether oxygens (including phenoxy) is 1. The van der Waals surface area contributed by atoms with Crippen molar-refractivity contribution in [1.29, 1.82) is 0 Å². The van der Waals surface area contributed by atoms with E-state index in [1.54, 1.807) is 30.3 Å². The molecule has 0 bridgehead atoms. The Bertz CT molecular complexity index is 406. The SMILES string of the molecule is NCCOCCCNS(=O)(=O)c1ccccc1. The van der Waals surface area contributed by atoms with E-state index >= 15 is 0 Å². The molecular weight excluding hydrogens is 240 g/mol. The average molecular weight is 258 g/mol. The van der Waals surface area contributed by atoms with Gasteiger partial charge in [0.05, 0.1) is 11.5 Å². The van der Waals surface area contributed by atoms with Gasteiger partial charge in [0.2, 0.25) is 10.0 Å². The van der Waals surface area contributed by atoms with Crippen LogP contribution in [0.4, 0.5) is 0 Å². The Balaban J connectivity index is 2.31. The van der Waals surface area contributed by atoms with Gasteiger partial charge < -0.3 is 10.5 Å². The van der Waals surface area contributed by atoms with Gasteiger partial charge in [-0.1, -0.05) is 18.2 Å². The third kappa shape index (κ3) is 5.27. The first-order valence-corrected chi connectivity index (χ1v) is 6.97. The molecule has 0 amide bonds. The van der Waals surface area contributed by atoms with E-state index in [0.29, 0.717) is 32.7 Å². The topological polar surface area (TPSA) is 81.4 Å². The van der Waals surface area contributed by atoms with E-state index in [1.165, 1.54) is 0 Å². The Hall–Kier alpha value is -0.950. The van der Waals surface area contributed by atoms with Crippen molar-refractivity contribution in [2.45, 2.75) is 11.3 Å². The lowest BCUT2D eigenvalue weighted by molar-refractivity contribution is 0.140. The monoisotopic (exact) mass is 258 g/mol. The molecule has 0 spiro atoms. The third-order valence-electron chi connectivity index (χ3n) is 2.07. The molecule has 0 heterocycles. The van der Waals surface area contributed by atoms with Gasteiger partial charge in [0.15, 0.2) is 0 Å². The zero-order valence-corrected chi connectivity index (χ0v) is 10.4. The van der Waals surface area contributed by atoms with E-state index in [0.717, 1.165) is 0 Å². The smallest absolute Gasteiger partial charge is 0.240 e. The van der Waals surface area contributed by atoms with Gasteiger partial charge in [-0.25, -0.2) is 13.1 Å². The molecular formula is C11H18N2O3S. The number of sulfonamides is 1. The lowest BCUT2D eigenvalue weighted by Crippen LogP contribution is -2.25. The first kappa shape index (κ1) is 14.1. The molecule has 3 N–H and O–H groups in total. The van der Waals surface area contributed by atoms with E-state index in [4.69, 9.17) is 10.5 Å². The van der Waals surface area contributed by atoms with E-state index < -0.39 is 10.0 Å². The summed E-state index contributed by atoms with van der Waals surface area (Å²) in [7, 11) is -3.38. The molecule has 17 heavy (non-hydrogen) atoms. The third-order valence-corrected chi connectivity index (χ3v) is 3.55. The summed E-state index contributed by atoms with van der Waals surface area (Å²) in [5, 5.41) is 0. The number of nitrogens with one attached hydrogen (secondary N) is 1. The minimum absolute atomic E-state index is 0.280. The molecule has 0 aliphatic rings. The minimum atomic E-state index is -3.38. The molecule has 0 aliphatic carbocycles. The number of nitrogens with two attached hydrogens (primary N) is 1. The van der Waals surface area contributed by atoms with Gasteiger partial charge in [-0.2, -0.15) is 0 Å². The molecule has 0 saturated carbocycles. The standard InChI is InChI=1S/C11H18N2O3S/c12-7-10-16-9-4-8-13-17(14,15)11-5-2-1-3-6-11/h1-3,5-6,13H,4,7-10,12H2. The van der Waals surface area contributed by atoms with Crippen molar-refractivity contribution < 1.29 is 13.2 Å². The summed E-state index contributed by atoms with van der Waals surface area (Å²) < 4.78 is 31.2. The molecule has 0 saturated heterocycles. The zero-order valence-electron chi connectivity index (χ0n) is 9.63. The van der Waals surface area contributed by atoms with Gasteiger partial charge in [0.25, 0.3) is 0 Å². The fourth-order valence-corrected chi connectivity index (χ4v) is 2.34. The molecule has 0 fully saturated rings. The summed E-state index contributed by atoms with van der Waals surface area (Å²) in [5.74, 6) is 0. The van der Waals surface area contributed by atoms with Gasteiger partial charge >= 0.3 is 0 Å². The Kier molecular flexibility index (Phi) is 6.13. The number of rotatable bonds is 8. The Morgan fingerprint density at radius 1 is 1.18 bits per heavy atom. The second-order valence-electron chi connectivity index (χ2n) is 3.47. The van der Waals surface area contributed by atoms with Crippen LogP contribution >= 0.6 is 0 Å². The maximum atomic E-state index is 11.7. The van der Waals surface area contributed by atoms with Crippen LogP contribution in [0.15, 0.2) is 35.2 Å². The van der Waals surface area contributed by atoms with Crippen LogP contribution in [-0.4, -0.2) is 34.7 Å². The maximum absolute atomic E-state index is 11.7. The van der Waals surface area contributed by atoms with Gasteiger partial charge in [0.1, 0.15) is 0 Å². The summed E-state index contributed by atoms with van der Waals surface area (Å²) in [5.41, 5.74) is 5.25. The summed E-state index contributed by atoms with van der Waals surface area (Å²) in [6, 6.07) is 8.29. The number of hydrogen-bond donors (Lipinski definition) is 2. The van der Waals surface area contributed by atoms with Gasteiger partial charge in [-0.05, 0) is 18.6 Å². The average Bonchev–Trinajstić information content (AvgIpc) is 2.35. The van der Waals surface area contributed by atoms with Crippen molar-refractivity contribution in [3.8, 4) is 0 Å². The van der Waals surface area contributed by atoms with Gasteiger partial charge in [-0.15, -0.1) is 0 Å². The molecule has 0 aliphatic heterocycles. The number of hydrogen-bond acceptors (Lipinski definition) is 4. The fourth-order valence-electron chi connectivity index (χ4n) is 1.25. The van der Waals surface area contributed by atoms with E-state index in [9.17, 15) is 8.42 Å². The molecule has 6 heteroatoms. The lowest BCUT2D eigenvalue weighted by Gasteiger charge is -2.06. The Morgan fingerprint density at radius 2 is 1.88 bits per heavy atom. The van der Waals surface area contributed by atoms with Crippen molar-refractivity contribution in [3.63, 3.8) is 0 Å². The molecule has 1 aromatic carbocycles. The van der Waals surface area contributed by atoms with E-state index in [2.05, 4.69) is 4.72 Å². The summed E-state index contributed by atoms with van der Waals surface area (Å²) >= 11 is 0. The Morgan fingerprint density at radius 3 is 2.53 bits per heavy atom. The van der Waals surface area contributed by atoms with Crippen molar-refractivity contribution >= 4 is 10.0 Å². The second kappa shape index (κ2) is 7.39. The van der Waals surface area contributed by atoms with Crippen LogP contribution in [0.25, 0.3) is 0 Å². The molecule has 0 radical (unpaired) electrons. The molecule has 96 valence electrons. The van der Waals surface area contributed by atoms with Crippen LogP contribution in [0.2, 0.25) is 0 Å². The molecule has 5 nitrogen and oxygen atoms in total. The predicted molar refractivity (Wildman–Crippen MR) is 66.1 cm³/mol. The largest absolute Gasteiger partial charge is 0.380 e. The van der Waals surface area contributed by atoms with Crippen LogP contribution in [0.5, 0.6) is 0 Å². The highest BCUT2D eigenvalue weighted by Crippen LogP contribution is 2.06. The van der Waals surface area contributed by atoms with Gasteiger partial charge in [-0.3, -0.25) is 0 Å². The highest BCUT2D eigenvalue weighted by atomic mass is 32.2. The van der Waals surface area contributed by atoms with Crippen LogP contribution < -0.4 is 10.5 Å². The summed E-state index contributed by atoms with van der Waals surface area (Å²) in [6.45, 7) is 1.86. The highest BCUT2D eigenvalue weighted by Gasteiger charge is 2.11. The first-order valence-electron chi connectivity index (χ1n) is 5.49. The van der Waals surface area contributed by atoms with Crippen molar-refractivity contribution in [1.82, 2.24) is 4.72 Å².